The van der Waals surface area contributed by atoms with E-state index in [4.69, 9.17) is 10.2 Å². The lowest BCUT2D eigenvalue weighted by Gasteiger charge is -2.22. The van der Waals surface area contributed by atoms with E-state index in [-0.39, 0.29) is 11.3 Å². The van der Waals surface area contributed by atoms with Crippen molar-refractivity contribution < 1.29 is 4.42 Å². The molecule has 0 bridgehead atoms. The highest BCUT2D eigenvalue weighted by Gasteiger charge is 2.24. The van der Waals surface area contributed by atoms with Crippen molar-refractivity contribution in [3.05, 3.63) is 45.8 Å². The Balaban J connectivity index is 2.31. The number of nitrogens with zero attached hydrogens (tertiary/aromatic N) is 1. The van der Waals surface area contributed by atoms with Gasteiger partial charge in [0.1, 0.15) is 5.76 Å². The van der Waals surface area contributed by atoms with Gasteiger partial charge in [-0.25, -0.2) is 4.98 Å². The maximum Gasteiger partial charge on any atom is 0.256 e. The Morgan fingerprint density at radius 3 is 2.60 bits per heavy atom. The van der Waals surface area contributed by atoms with Crippen LogP contribution in [0.1, 0.15) is 35.6 Å². The molecule has 2 rings (SSSR count). The summed E-state index contributed by atoms with van der Waals surface area (Å²) in [6.45, 7) is 5.98. The van der Waals surface area contributed by atoms with Crippen molar-refractivity contribution in [3.8, 4) is 0 Å². The van der Waals surface area contributed by atoms with Crippen molar-refractivity contribution in [2.75, 3.05) is 0 Å². The minimum Gasteiger partial charge on any atom is -0.437 e. The Morgan fingerprint density at radius 2 is 2.05 bits per heavy atom. The van der Waals surface area contributed by atoms with Crippen molar-refractivity contribution in [3.63, 3.8) is 0 Å². The second kappa shape index (κ2) is 6.78. The first-order valence-electron chi connectivity index (χ1n) is 6.63. The summed E-state index contributed by atoms with van der Waals surface area (Å²) in [7, 11) is 0. The molecule has 1 aromatic carbocycles. The minimum absolute atomic E-state index is 0.0474. The Morgan fingerprint density at radius 1 is 1.35 bits per heavy atom. The third-order valence-electron chi connectivity index (χ3n) is 3.31. The van der Waals surface area contributed by atoms with Crippen LogP contribution in [0.4, 0.5) is 0 Å². The number of aromatic nitrogens is 1. The number of oxazole rings is 1. The molecule has 20 heavy (non-hydrogen) atoms. The fourth-order valence-corrected chi connectivity index (χ4v) is 3.87. The molecule has 0 saturated heterocycles. The van der Waals surface area contributed by atoms with Gasteiger partial charge in [0, 0.05) is 10.5 Å². The molecule has 2 atom stereocenters. The topological polar surface area (TPSA) is 52.0 Å². The van der Waals surface area contributed by atoms with Crippen LogP contribution in [0.5, 0.6) is 0 Å². The number of hydrogen-bond acceptors (Lipinski definition) is 4. The van der Waals surface area contributed by atoms with E-state index in [9.17, 15) is 0 Å². The average Bonchev–Trinajstić information content (AvgIpc) is 2.75. The molecule has 1 heterocycles. The highest BCUT2D eigenvalue weighted by Crippen LogP contribution is 2.40. The average molecular weight is 355 g/mol. The van der Waals surface area contributed by atoms with Crippen LogP contribution in [-0.4, -0.2) is 11.0 Å². The summed E-state index contributed by atoms with van der Waals surface area (Å²) < 4.78 is 6.75. The summed E-state index contributed by atoms with van der Waals surface area (Å²) >= 11 is 5.20. The van der Waals surface area contributed by atoms with E-state index in [1.807, 2.05) is 32.0 Å². The van der Waals surface area contributed by atoms with Crippen molar-refractivity contribution in [1.29, 1.82) is 0 Å². The fraction of sp³-hybridized carbons (Fsp3) is 0.400. The second-order valence-corrected chi connectivity index (χ2v) is 6.70. The lowest BCUT2D eigenvalue weighted by Crippen LogP contribution is -2.25. The Hall–Kier alpha value is -0.780. The van der Waals surface area contributed by atoms with Crippen LogP contribution in [0.25, 0.3) is 0 Å². The van der Waals surface area contributed by atoms with E-state index in [0.717, 1.165) is 22.3 Å². The van der Waals surface area contributed by atoms with Gasteiger partial charge >= 0.3 is 0 Å². The lowest BCUT2D eigenvalue weighted by molar-refractivity contribution is 0.429. The predicted molar refractivity (Wildman–Crippen MR) is 87.0 cm³/mol. The molecule has 1 aromatic heterocycles. The number of rotatable bonds is 5. The zero-order valence-electron chi connectivity index (χ0n) is 11.9. The van der Waals surface area contributed by atoms with Gasteiger partial charge in [0.05, 0.1) is 10.9 Å². The smallest absolute Gasteiger partial charge is 0.256 e. The highest BCUT2D eigenvalue weighted by atomic mass is 79.9. The van der Waals surface area contributed by atoms with Crippen molar-refractivity contribution in [1.82, 2.24) is 4.98 Å². The number of hydrogen-bond donors (Lipinski definition) is 1. The minimum atomic E-state index is 0.0474. The van der Waals surface area contributed by atoms with Crippen LogP contribution in [0, 0.1) is 13.8 Å². The number of thioether (sulfide) groups is 1. The Labute approximate surface area is 132 Å². The lowest BCUT2D eigenvalue weighted by atomic mass is 10.0. The first-order chi connectivity index (χ1) is 9.52. The molecule has 2 unspecified atom stereocenters. The van der Waals surface area contributed by atoms with Crippen LogP contribution in [0.2, 0.25) is 0 Å². The van der Waals surface area contributed by atoms with E-state index >= 15 is 0 Å². The summed E-state index contributed by atoms with van der Waals surface area (Å²) in [5.41, 5.74) is 8.41. The summed E-state index contributed by atoms with van der Waals surface area (Å²) in [4.78, 5) is 4.45. The Bertz CT molecular complexity index is 566. The van der Waals surface area contributed by atoms with Gasteiger partial charge in [0.2, 0.25) is 0 Å². The van der Waals surface area contributed by atoms with E-state index < -0.39 is 0 Å². The zero-order valence-corrected chi connectivity index (χ0v) is 14.3. The van der Waals surface area contributed by atoms with Crippen molar-refractivity contribution in [2.24, 2.45) is 5.73 Å². The largest absolute Gasteiger partial charge is 0.437 e. The maximum atomic E-state index is 6.30. The zero-order chi connectivity index (χ0) is 14.7. The normalized spacial score (nSPS) is 14.2. The molecule has 108 valence electrons. The summed E-state index contributed by atoms with van der Waals surface area (Å²) in [5, 5.41) is 0.803. The van der Waals surface area contributed by atoms with Crippen LogP contribution in [-0.2, 0) is 0 Å². The maximum absolute atomic E-state index is 6.30. The van der Waals surface area contributed by atoms with Gasteiger partial charge in [0.25, 0.3) is 5.22 Å². The van der Waals surface area contributed by atoms with Gasteiger partial charge in [0.15, 0.2) is 0 Å². The van der Waals surface area contributed by atoms with Gasteiger partial charge < -0.3 is 10.2 Å². The van der Waals surface area contributed by atoms with Crippen molar-refractivity contribution >= 4 is 27.7 Å². The quantitative estimate of drug-likeness (QED) is 0.795. The Kier molecular flexibility index (Phi) is 5.29. The summed E-state index contributed by atoms with van der Waals surface area (Å²) in [6, 6.07) is 8.22. The third-order valence-corrected chi connectivity index (χ3v) is 5.26. The van der Waals surface area contributed by atoms with Gasteiger partial charge in [-0.3, -0.25) is 0 Å². The van der Waals surface area contributed by atoms with E-state index in [0.29, 0.717) is 5.22 Å². The van der Waals surface area contributed by atoms with Crippen LogP contribution < -0.4 is 5.73 Å². The molecule has 0 aliphatic heterocycles. The number of benzene rings is 1. The van der Waals surface area contributed by atoms with Crippen LogP contribution in [0.15, 0.2) is 38.4 Å². The predicted octanol–water partition coefficient (Wildman–Crippen LogP) is 4.62. The fourth-order valence-electron chi connectivity index (χ4n) is 1.90. The number of halogens is 1. The molecule has 0 aliphatic carbocycles. The molecule has 0 amide bonds. The van der Waals surface area contributed by atoms with Gasteiger partial charge in [-0.05, 0) is 31.9 Å². The van der Waals surface area contributed by atoms with Gasteiger partial charge in [-0.2, -0.15) is 0 Å². The molecular weight excluding hydrogens is 336 g/mol. The van der Waals surface area contributed by atoms with Gasteiger partial charge in [-0.1, -0.05) is 52.8 Å². The summed E-state index contributed by atoms with van der Waals surface area (Å²) in [6.07, 6.45) is 0.900. The monoisotopic (exact) mass is 354 g/mol. The second-order valence-electron chi connectivity index (χ2n) is 4.75. The molecule has 0 saturated carbocycles. The third kappa shape index (κ3) is 3.45. The number of nitrogens with two attached hydrogens (primary N) is 1. The molecule has 0 spiro atoms. The first kappa shape index (κ1) is 15.6. The molecule has 5 heteroatoms. The van der Waals surface area contributed by atoms with Crippen LogP contribution >= 0.6 is 27.7 Å². The first-order valence-corrected chi connectivity index (χ1v) is 8.30. The molecule has 3 nitrogen and oxygen atoms in total. The van der Waals surface area contributed by atoms with Gasteiger partial charge in [-0.15, -0.1) is 0 Å². The van der Waals surface area contributed by atoms with Crippen molar-refractivity contribution in [2.45, 2.75) is 43.7 Å². The van der Waals surface area contributed by atoms with E-state index in [2.05, 4.69) is 33.9 Å². The van der Waals surface area contributed by atoms with E-state index in [1.54, 1.807) is 11.8 Å². The highest BCUT2D eigenvalue weighted by molar-refractivity contribution is 9.10. The van der Waals surface area contributed by atoms with E-state index in [1.165, 1.54) is 5.56 Å². The number of aryl methyl sites for hydroxylation is 2. The summed E-state index contributed by atoms with van der Waals surface area (Å²) in [5.74, 6) is 0.864. The molecule has 0 fully saturated rings. The standard InChI is InChI=1S/C15H19BrN2OS/c1-4-13(17)14(11-7-5-6-8-12(11)16)20-15-18-9(2)10(3)19-15/h5-8,13-14H,4,17H2,1-3H3. The molecule has 0 aliphatic rings. The molecular formula is C15H19BrN2OS. The SMILES string of the molecule is CCC(N)C(Sc1nc(C)c(C)o1)c1ccccc1Br. The molecule has 2 aromatic rings. The molecule has 2 N–H and O–H groups in total. The van der Waals surface area contributed by atoms with Crippen LogP contribution in [0.3, 0.4) is 0 Å². The molecule has 0 radical (unpaired) electrons.